The van der Waals surface area contributed by atoms with Crippen LogP contribution in [0.1, 0.15) is 16.5 Å². The van der Waals surface area contributed by atoms with Crippen LogP contribution in [0.5, 0.6) is 0 Å². The first-order valence-corrected chi connectivity index (χ1v) is 9.16. The lowest BCUT2D eigenvalue weighted by molar-refractivity contribution is -0.154. The van der Waals surface area contributed by atoms with Crippen LogP contribution in [0.2, 0.25) is 0 Å². The standard InChI is InChI=1S/C19H18N2O4S/c1-21-16(22)13-14(17(21)23)19(18(24)25-2,11-7-4-3-5-8-11)20-15(13)12-9-6-10-26-12/h3-10,13-15,20H,1-2H3/t13-,14-,15+,19+/m0/s1. The topological polar surface area (TPSA) is 75.7 Å². The predicted molar refractivity (Wildman–Crippen MR) is 95.1 cm³/mol. The van der Waals surface area contributed by atoms with Crippen molar-refractivity contribution in [2.45, 2.75) is 11.6 Å². The van der Waals surface area contributed by atoms with Crippen molar-refractivity contribution in [3.63, 3.8) is 0 Å². The Balaban J connectivity index is 1.95. The molecule has 6 nitrogen and oxygen atoms in total. The second-order valence-corrected chi connectivity index (χ2v) is 7.52. The van der Waals surface area contributed by atoms with Gasteiger partial charge in [-0.05, 0) is 17.0 Å². The van der Waals surface area contributed by atoms with Crippen LogP contribution in [0.4, 0.5) is 0 Å². The van der Waals surface area contributed by atoms with Crippen LogP contribution in [0, 0.1) is 11.8 Å². The molecular formula is C19H18N2O4S. The number of ether oxygens (including phenoxy) is 1. The van der Waals surface area contributed by atoms with Crippen molar-refractivity contribution >= 4 is 29.1 Å². The molecule has 0 aliphatic carbocycles. The summed E-state index contributed by atoms with van der Waals surface area (Å²) in [7, 11) is 2.77. The molecule has 2 saturated heterocycles. The van der Waals surface area contributed by atoms with Crippen LogP contribution in [-0.4, -0.2) is 36.8 Å². The number of likely N-dealkylation sites (tertiary alicyclic amines) is 1. The van der Waals surface area contributed by atoms with Crippen molar-refractivity contribution in [3.8, 4) is 0 Å². The number of amides is 2. The number of nitrogens with zero attached hydrogens (tertiary/aromatic N) is 1. The molecule has 0 radical (unpaired) electrons. The molecule has 2 fully saturated rings. The average molecular weight is 370 g/mol. The normalized spacial score (nSPS) is 30.5. The Labute approximate surface area is 154 Å². The second kappa shape index (κ2) is 6.03. The highest BCUT2D eigenvalue weighted by atomic mass is 32.1. The summed E-state index contributed by atoms with van der Waals surface area (Å²) in [4.78, 5) is 40.9. The van der Waals surface area contributed by atoms with Gasteiger partial charge in [0.25, 0.3) is 0 Å². The molecule has 134 valence electrons. The van der Waals surface area contributed by atoms with Crippen molar-refractivity contribution < 1.29 is 19.1 Å². The largest absolute Gasteiger partial charge is 0.467 e. The van der Waals surface area contributed by atoms with Gasteiger partial charge in [0.15, 0.2) is 5.54 Å². The third kappa shape index (κ3) is 2.10. The summed E-state index contributed by atoms with van der Waals surface area (Å²) in [5.41, 5.74) is -0.773. The molecule has 2 aromatic rings. The van der Waals surface area contributed by atoms with Crippen LogP contribution >= 0.6 is 11.3 Å². The third-order valence-electron chi connectivity index (χ3n) is 5.37. The molecule has 4 atom stereocenters. The Kier molecular flexibility index (Phi) is 3.93. The van der Waals surface area contributed by atoms with Crippen LogP contribution in [-0.2, 0) is 24.7 Å². The summed E-state index contributed by atoms with van der Waals surface area (Å²) >= 11 is 1.49. The molecule has 1 aromatic heterocycles. The zero-order chi connectivity index (χ0) is 18.5. The zero-order valence-corrected chi connectivity index (χ0v) is 15.2. The monoisotopic (exact) mass is 370 g/mol. The summed E-state index contributed by atoms with van der Waals surface area (Å²) in [6, 6.07) is 12.4. The van der Waals surface area contributed by atoms with Gasteiger partial charge in [-0.15, -0.1) is 11.3 Å². The summed E-state index contributed by atoms with van der Waals surface area (Å²) in [6.45, 7) is 0. The second-order valence-electron chi connectivity index (χ2n) is 6.54. The van der Waals surface area contributed by atoms with Crippen LogP contribution in [0.3, 0.4) is 0 Å². The number of hydrogen-bond donors (Lipinski definition) is 1. The molecule has 2 aliphatic heterocycles. The molecular weight excluding hydrogens is 352 g/mol. The molecule has 3 heterocycles. The Hall–Kier alpha value is -2.51. The van der Waals surface area contributed by atoms with Gasteiger partial charge < -0.3 is 4.74 Å². The number of rotatable bonds is 3. The van der Waals surface area contributed by atoms with Crippen molar-refractivity contribution in [1.29, 1.82) is 0 Å². The number of benzene rings is 1. The van der Waals surface area contributed by atoms with Gasteiger partial charge in [0.1, 0.15) is 0 Å². The lowest BCUT2D eigenvalue weighted by Gasteiger charge is -2.32. The molecule has 0 spiro atoms. The third-order valence-corrected chi connectivity index (χ3v) is 6.32. The van der Waals surface area contributed by atoms with Gasteiger partial charge in [0.05, 0.1) is 25.0 Å². The number of carbonyl (C=O) groups excluding carboxylic acids is 3. The fourth-order valence-electron chi connectivity index (χ4n) is 4.20. The van der Waals surface area contributed by atoms with Crippen molar-refractivity contribution in [2.24, 2.45) is 11.8 Å². The molecule has 2 aliphatic rings. The maximum Gasteiger partial charge on any atom is 0.331 e. The lowest BCUT2D eigenvalue weighted by atomic mass is 9.75. The smallest absolute Gasteiger partial charge is 0.331 e. The van der Waals surface area contributed by atoms with Crippen LogP contribution < -0.4 is 5.32 Å². The van der Waals surface area contributed by atoms with Crippen molar-refractivity contribution in [1.82, 2.24) is 10.2 Å². The Morgan fingerprint density at radius 1 is 1.15 bits per heavy atom. The van der Waals surface area contributed by atoms with Crippen LogP contribution in [0.25, 0.3) is 0 Å². The molecule has 2 amide bonds. The van der Waals surface area contributed by atoms with E-state index in [0.29, 0.717) is 5.56 Å². The van der Waals surface area contributed by atoms with E-state index in [9.17, 15) is 14.4 Å². The highest BCUT2D eigenvalue weighted by molar-refractivity contribution is 7.10. The van der Waals surface area contributed by atoms with E-state index in [-0.39, 0.29) is 11.8 Å². The Bertz CT molecular complexity index is 867. The van der Waals surface area contributed by atoms with Gasteiger partial charge >= 0.3 is 5.97 Å². The van der Waals surface area contributed by atoms with E-state index in [1.807, 2.05) is 23.6 Å². The fourth-order valence-corrected chi connectivity index (χ4v) is 5.02. The Morgan fingerprint density at radius 3 is 2.50 bits per heavy atom. The minimum Gasteiger partial charge on any atom is -0.467 e. The highest BCUT2D eigenvalue weighted by Crippen LogP contribution is 2.53. The first-order valence-electron chi connectivity index (χ1n) is 8.29. The van der Waals surface area contributed by atoms with E-state index < -0.39 is 29.4 Å². The molecule has 1 N–H and O–H groups in total. The molecule has 4 rings (SSSR count). The first kappa shape index (κ1) is 16.9. The molecule has 7 heteroatoms. The summed E-state index contributed by atoms with van der Waals surface area (Å²) in [5.74, 6) is -2.69. The lowest BCUT2D eigenvalue weighted by Crippen LogP contribution is -2.53. The number of imide groups is 1. The van der Waals surface area contributed by atoms with Gasteiger partial charge in [0.2, 0.25) is 11.8 Å². The minimum atomic E-state index is -1.40. The van der Waals surface area contributed by atoms with Gasteiger partial charge in [-0.25, -0.2) is 4.79 Å². The molecule has 1 aromatic carbocycles. The molecule has 0 bridgehead atoms. The van der Waals surface area contributed by atoms with E-state index in [2.05, 4.69) is 5.32 Å². The predicted octanol–water partition coefficient (Wildman–Crippen LogP) is 1.69. The minimum absolute atomic E-state index is 0.271. The zero-order valence-electron chi connectivity index (χ0n) is 14.3. The number of hydrogen-bond acceptors (Lipinski definition) is 6. The van der Waals surface area contributed by atoms with E-state index in [0.717, 1.165) is 9.78 Å². The number of esters is 1. The summed E-state index contributed by atoms with van der Waals surface area (Å²) in [6.07, 6.45) is 0. The van der Waals surface area contributed by atoms with Gasteiger partial charge in [0, 0.05) is 11.9 Å². The SMILES string of the molecule is COC(=O)[C@]1(c2ccccc2)N[C@H](c2cccs2)[C@H]2C(=O)N(C)C(=O)[C@H]21. The number of thiophene rings is 1. The molecule has 0 unspecified atom stereocenters. The number of fused-ring (bicyclic) bond motifs is 1. The van der Waals surface area contributed by atoms with Crippen molar-refractivity contribution in [2.75, 3.05) is 14.2 Å². The van der Waals surface area contributed by atoms with E-state index >= 15 is 0 Å². The summed E-state index contributed by atoms with van der Waals surface area (Å²) < 4.78 is 5.10. The van der Waals surface area contributed by atoms with E-state index in [4.69, 9.17) is 4.74 Å². The van der Waals surface area contributed by atoms with Gasteiger partial charge in [-0.1, -0.05) is 36.4 Å². The number of nitrogens with one attached hydrogen (secondary N) is 1. The van der Waals surface area contributed by atoms with Crippen molar-refractivity contribution in [3.05, 3.63) is 58.3 Å². The molecule has 0 saturated carbocycles. The van der Waals surface area contributed by atoms with Crippen LogP contribution in [0.15, 0.2) is 47.8 Å². The van der Waals surface area contributed by atoms with Gasteiger partial charge in [-0.2, -0.15) is 0 Å². The maximum atomic E-state index is 13.0. The average Bonchev–Trinajstić information content (AvgIpc) is 3.36. The Morgan fingerprint density at radius 2 is 1.88 bits per heavy atom. The van der Waals surface area contributed by atoms with Gasteiger partial charge in [-0.3, -0.25) is 19.8 Å². The summed E-state index contributed by atoms with van der Waals surface area (Å²) in [5, 5.41) is 5.24. The number of carbonyl (C=O) groups is 3. The first-order chi connectivity index (χ1) is 12.5. The van der Waals surface area contributed by atoms with E-state index in [1.165, 1.54) is 25.5 Å². The number of methoxy groups -OCH3 is 1. The molecule has 26 heavy (non-hydrogen) atoms. The quantitative estimate of drug-likeness (QED) is 0.657. The maximum absolute atomic E-state index is 13.0. The van der Waals surface area contributed by atoms with E-state index in [1.54, 1.807) is 24.3 Å². The fraction of sp³-hybridized carbons (Fsp3) is 0.316. The highest BCUT2D eigenvalue weighted by Gasteiger charge is 2.69.